The molecule has 2 atom stereocenters. The lowest BCUT2D eigenvalue weighted by atomic mass is 9.84. The standard InChI is InChI=1S/C24H21ClFN7O/c25-17-4-5-19-20(9-17)30-22(10-27-19)31-11-15-8-16(12-31)14-32(13-15)24(34)23-18(26)2-1-3-21(23)33-28-6-7-29-33/h1-7,9-10,15-16H,8,11-14H2. The van der Waals surface area contributed by atoms with E-state index in [4.69, 9.17) is 16.6 Å². The Morgan fingerprint density at radius 3 is 2.53 bits per heavy atom. The van der Waals surface area contributed by atoms with Crippen LogP contribution < -0.4 is 4.90 Å². The van der Waals surface area contributed by atoms with Crippen LogP contribution in [0.25, 0.3) is 16.7 Å². The molecular weight excluding hydrogens is 457 g/mol. The first kappa shape index (κ1) is 21.0. The highest BCUT2D eigenvalue weighted by molar-refractivity contribution is 6.31. The van der Waals surface area contributed by atoms with Crippen molar-refractivity contribution >= 4 is 34.4 Å². The van der Waals surface area contributed by atoms with Crippen molar-refractivity contribution in [2.75, 3.05) is 31.1 Å². The van der Waals surface area contributed by atoms with Gasteiger partial charge in [-0.25, -0.2) is 9.37 Å². The second-order valence-corrected chi connectivity index (χ2v) is 9.33. The summed E-state index contributed by atoms with van der Waals surface area (Å²) in [5.41, 5.74) is 1.91. The smallest absolute Gasteiger partial charge is 0.259 e. The molecule has 0 N–H and O–H groups in total. The van der Waals surface area contributed by atoms with E-state index in [1.54, 1.807) is 29.3 Å². The number of hydrogen-bond donors (Lipinski definition) is 0. The maximum absolute atomic E-state index is 14.8. The lowest BCUT2D eigenvalue weighted by molar-refractivity contribution is 0.0559. The first-order valence-corrected chi connectivity index (χ1v) is 11.5. The molecule has 2 bridgehead atoms. The molecule has 0 saturated carbocycles. The number of nitrogens with zero attached hydrogens (tertiary/aromatic N) is 7. The van der Waals surface area contributed by atoms with Gasteiger partial charge in [0, 0.05) is 31.2 Å². The van der Waals surface area contributed by atoms with Crippen molar-refractivity contribution in [3.05, 3.63) is 71.4 Å². The van der Waals surface area contributed by atoms with E-state index in [-0.39, 0.29) is 23.3 Å². The molecule has 2 aliphatic heterocycles. The Hall–Kier alpha value is -3.59. The van der Waals surface area contributed by atoms with E-state index >= 15 is 0 Å². The summed E-state index contributed by atoms with van der Waals surface area (Å²) in [6.07, 6.45) is 5.83. The molecule has 2 unspecified atom stereocenters. The molecule has 2 fully saturated rings. The molecule has 2 aliphatic rings. The number of halogens is 2. The Morgan fingerprint density at radius 1 is 1.00 bits per heavy atom. The zero-order valence-corrected chi connectivity index (χ0v) is 18.9. The van der Waals surface area contributed by atoms with Gasteiger partial charge in [-0.1, -0.05) is 17.7 Å². The molecule has 8 nitrogen and oxygen atoms in total. The second kappa shape index (κ2) is 8.32. The fraction of sp³-hybridized carbons (Fsp3) is 0.292. The van der Waals surface area contributed by atoms with E-state index in [0.717, 1.165) is 36.4 Å². The van der Waals surface area contributed by atoms with Gasteiger partial charge in [0.15, 0.2) is 0 Å². The normalized spacial score (nSPS) is 20.1. The number of benzene rings is 2. The first-order valence-electron chi connectivity index (χ1n) is 11.2. The van der Waals surface area contributed by atoms with Crippen LogP contribution in [0.3, 0.4) is 0 Å². The third-order valence-corrected chi connectivity index (χ3v) is 6.76. The quantitative estimate of drug-likeness (QED) is 0.448. The van der Waals surface area contributed by atoms with Crippen molar-refractivity contribution in [1.82, 2.24) is 29.9 Å². The molecule has 172 valence electrons. The molecule has 0 aliphatic carbocycles. The van der Waals surface area contributed by atoms with Gasteiger partial charge in [-0.15, -0.1) is 0 Å². The van der Waals surface area contributed by atoms with Gasteiger partial charge in [0.1, 0.15) is 22.9 Å². The largest absolute Gasteiger partial charge is 0.355 e. The molecule has 6 rings (SSSR count). The van der Waals surface area contributed by atoms with Gasteiger partial charge in [-0.3, -0.25) is 9.78 Å². The average Bonchev–Trinajstić information content (AvgIpc) is 3.37. The van der Waals surface area contributed by atoms with Gasteiger partial charge < -0.3 is 9.80 Å². The molecule has 4 aromatic rings. The lowest BCUT2D eigenvalue weighted by Gasteiger charge is -2.46. The first-order chi connectivity index (χ1) is 16.5. The minimum Gasteiger partial charge on any atom is -0.355 e. The molecule has 0 spiro atoms. The number of fused-ring (bicyclic) bond motifs is 3. The summed E-state index contributed by atoms with van der Waals surface area (Å²) < 4.78 is 14.8. The Morgan fingerprint density at radius 2 is 1.76 bits per heavy atom. The third kappa shape index (κ3) is 3.75. The number of piperidine rings is 2. The molecule has 1 amide bonds. The number of carbonyl (C=O) groups is 1. The average molecular weight is 478 g/mol. The van der Waals surface area contributed by atoms with Gasteiger partial charge in [0.25, 0.3) is 5.91 Å². The molecule has 10 heteroatoms. The topological polar surface area (TPSA) is 80.0 Å². The summed E-state index contributed by atoms with van der Waals surface area (Å²) in [5.74, 6) is 0.430. The van der Waals surface area contributed by atoms with Crippen LogP contribution in [-0.2, 0) is 0 Å². The van der Waals surface area contributed by atoms with Crippen LogP contribution in [0.4, 0.5) is 10.2 Å². The Kier molecular flexibility index (Phi) is 5.13. The Bertz CT molecular complexity index is 1370. The van der Waals surface area contributed by atoms with E-state index in [2.05, 4.69) is 20.1 Å². The van der Waals surface area contributed by atoms with E-state index < -0.39 is 5.82 Å². The van der Waals surface area contributed by atoms with Crippen molar-refractivity contribution in [3.63, 3.8) is 0 Å². The highest BCUT2D eigenvalue weighted by Crippen LogP contribution is 2.33. The van der Waals surface area contributed by atoms with Crippen molar-refractivity contribution in [1.29, 1.82) is 0 Å². The van der Waals surface area contributed by atoms with Crippen molar-refractivity contribution in [3.8, 4) is 5.69 Å². The molecule has 2 saturated heterocycles. The monoisotopic (exact) mass is 477 g/mol. The molecular formula is C24H21ClFN7O. The van der Waals surface area contributed by atoms with Crippen molar-refractivity contribution < 1.29 is 9.18 Å². The van der Waals surface area contributed by atoms with Crippen LogP contribution in [0.1, 0.15) is 16.8 Å². The lowest BCUT2D eigenvalue weighted by Crippen LogP contribution is -2.54. The SMILES string of the molecule is O=C(c1c(F)cccc1-n1nccn1)N1CC2CC(C1)CN(c1cnc3ccc(Cl)cc3n1)C2. The molecule has 2 aromatic carbocycles. The van der Waals surface area contributed by atoms with E-state index in [1.807, 2.05) is 12.1 Å². The fourth-order valence-corrected chi connectivity index (χ4v) is 5.32. The van der Waals surface area contributed by atoms with Crippen molar-refractivity contribution in [2.45, 2.75) is 6.42 Å². The molecule has 0 radical (unpaired) electrons. The van der Waals surface area contributed by atoms with Gasteiger partial charge in [-0.05, 0) is 48.6 Å². The fourth-order valence-electron chi connectivity index (χ4n) is 5.15. The van der Waals surface area contributed by atoms with E-state index in [1.165, 1.54) is 23.3 Å². The number of aromatic nitrogens is 5. The van der Waals surface area contributed by atoms with Gasteiger partial charge in [0.2, 0.25) is 0 Å². The highest BCUT2D eigenvalue weighted by atomic mass is 35.5. The zero-order valence-electron chi connectivity index (χ0n) is 18.2. The number of amides is 1. The number of anilines is 1. The van der Waals surface area contributed by atoms with Gasteiger partial charge in [0.05, 0.1) is 29.6 Å². The van der Waals surface area contributed by atoms with Crippen LogP contribution in [0.2, 0.25) is 5.02 Å². The summed E-state index contributed by atoms with van der Waals surface area (Å²) in [4.78, 5) is 28.1. The predicted octanol–water partition coefficient (Wildman–Crippen LogP) is 3.60. The van der Waals surface area contributed by atoms with E-state index in [9.17, 15) is 9.18 Å². The second-order valence-electron chi connectivity index (χ2n) is 8.90. The summed E-state index contributed by atoms with van der Waals surface area (Å²) in [5, 5.41) is 8.79. The molecule has 34 heavy (non-hydrogen) atoms. The third-order valence-electron chi connectivity index (χ3n) is 6.52. The van der Waals surface area contributed by atoms with Crippen LogP contribution >= 0.6 is 11.6 Å². The Balaban J connectivity index is 1.23. The summed E-state index contributed by atoms with van der Waals surface area (Å²) in [6, 6.07) is 10.0. The minimum atomic E-state index is -0.567. The molecule has 4 heterocycles. The minimum absolute atomic E-state index is 0.00723. The molecule has 2 aromatic heterocycles. The van der Waals surface area contributed by atoms with Gasteiger partial charge in [-0.2, -0.15) is 15.0 Å². The van der Waals surface area contributed by atoms with E-state index in [0.29, 0.717) is 23.8 Å². The zero-order chi connectivity index (χ0) is 23.2. The number of likely N-dealkylation sites (tertiary alicyclic amines) is 1. The Labute approximate surface area is 200 Å². The van der Waals surface area contributed by atoms with Crippen LogP contribution in [-0.4, -0.2) is 61.9 Å². The number of hydrogen-bond acceptors (Lipinski definition) is 6. The summed E-state index contributed by atoms with van der Waals surface area (Å²) in [7, 11) is 0. The van der Waals surface area contributed by atoms with Crippen LogP contribution in [0.15, 0.2) is 55.0 Å². The number of carbonyl (C=O) groups excluding carboxylic acids is 1. The number of rotatable bonds is 3. The summed E-state index contributed by atoms with van der Waals surface area (Å²) in [6.45, 7) is 2.62. The summed E-state index contributed by atoms with van der Waals surface area (Å²) >= 11 is 6.13. The predicted molar refractivity (Wildman–Crippen MR) is 126 cm³/mol. The van der Waals surface area contributed by atoms with Crippen LogP contribution in [0, 0.1) is 17.7 Å². The maximum Gasteiger partial charge on any atom is 0.259 e. The van der Waals surface area contributed by atoms with Crippen molar-refractivity contribution in [2.24, 2.45) is 11.8 Å². The van der Waals surface area contributed by atoms with Crippen LogP contribution in [0.5, 0.6) is 0 Å². The van der Waals surface area contributed by atoms with Gasteiger partial charge >= 0.3 is 0 Å². The highest BCUT2D eigenvalue weighted by Gasteiger charge is 2.38. The maximum atomic E-state index is 14.8.